The number of hydrogen-bond acceptors (Lipinski definition) is 3. The zero-order valence-electron chi connectivity index (χ0n) is 21.2. The summed E-state index contributed by atoms with van der Waals surface area (Å²) in [6, 6.07) is 48.5. The molecule has 0 radical (unpaired) electrons. The van der Waals surface area contributed by atoms with E-state index in [1.54, 1.807) is 0 Å². The first-order chi connectivity index (χ1) is 19.4. The Morgan fingerprint density at radius 1 is 0.487 bits per heavy atom. The Balaban J connectivity index is 1.41. The third kappa shape index (κ3) is 3.20. The highest BCUT2D eigenvalue weighted by Crippen LogP contribution is 2.62. The molecular weight excluding hydrogens is 492 g/mol. The van der Waals surface area contributed by atoms with Crippen LogP contribution in [0.4, 0.5) is 17.1 Å². The smallest absolute Gasteiger partial charge is 0.0735 e. The molecule has 2 aliphatic rings. The van der Waals surface area contributed by atoms with E-state index in [1.165, 1.54) is 43.2 Å². The number of fused-ring (bicyclic) bond motifs is 9. The number of rotatable bonds is 3. The number of aromatic nitrogens is 1. The molecule has 1 aliphatic carbocycles. The molecule has 5 aromatic carbocycles. The third-order valence-corrected chi connectivity index (χ3v) is 9.14. The van der Waals surface area contributed by atoms with Crippen molar-refractivity contribution >= 4 is 28.8 Å². The van der Waals surface area contributed by atoms with Gasteiger partial charge in [-0.05, 0) is 75.8 Å². The number of para-hydroxylation sites is 1. The monoisotopic (exact) mass is 516 g/mol. The number of pyridine rings is 1. The number of anilines is 3. The number of benzene rings is 5. The molecule has 1 spiro atoms. The van der Waals surface area contributed by atoms with Gasteiger partial charge >= 0.3 is 0 Å². The largest absolute Gasteiger partial charge is 0.309 e. The lowest BCUT2D eigenvalue weighted by molar-refractivity contribution is 0.722. The minimum atomic E-state index is -0.352. The lowest BCUT2D eigenvalue weighted by Crippen LogP contribution is -2.32. The molecule has 2 heterocycles. The van der Waals surface area contributed by atoms with Crippen LogP contribution in [0.2, 0.25) is 0 Å². The lowest BCUT2D eigenvalue weighted by Gasteiger charge is -2.40. The van der Waals surface area contributed by atoms with Gasteiger partial charge in [0.1, 0.15) is 0 Å². The van der Waals surface area contributed by atoms with Gasteiger partial charge in [-0.15, -0.1) is 0 Å². The summed E-state index contributed by atoms with van der Waals surface area (Å²) in [6.07, 6.45) is 3.75. The van der Waals surface area contributed by atoms with Crippen molar-refractivity contribution in [2.45, 2.75) is 15.2 Å². The molecule has 0 amide bonds. The van der Waals surface area contributed by atoms with Crippen molar-refractivity contribution in [2.24, 2.45) is 0 Å². The highest BCUT2D eigenvalue weighted by atomic mass is 32.2. The molecule has 6 aromatic rings. The highest BCUT2D eigenvalue weighted by molar-refractivity contribution is 7.99. The summed E-state index contributed by atoms with van der Waals surface area (Å²) in [5.41, 5.74) is 11.0. The highest BCUT2D eigenvalue weighted by Gasteiger charge is 2.50. The average Bonchev–Trinajstić information content (AvgIpc) is 3.29. The van der Waals surface area contributed by atoms with Crippen LogP contribution in [0.5, 0.6) is 0 Å². The van der Waals surface area contributed by atoms with Crippen LogP contribution in [0.15, 0.2) is 156 Å². The second kappa shape index (κ2) is 8.72. The summed E-state index contributed by atoms with van der Waals surface area (Å²) >= 11 is 1.87. The third-order valence-electron chi connectivity index (χ3n) is 8.01. The maximum absolute atomic E-state index is 4.43. The van der Waals surface area contributed by atoms with Crippen LogP contribution in [-0.2, 0) is 5.41 Å². The van der Waals surface area contributed by atoms with E-state index in [1.807, 2.05) is 30.2 Å². The van der Waals surface area contributed by atoms with Crippen molar-refractivity contribution in [1.29, 1.82) is 0 Å². The van der Waals surface area contributed by atoms with Gasteiger partial charge in [-0.25, -0.2) is 0 Å². The maximum atomic E-state index is 4.43. The first kappa shape index (κ1) is 22.4. The van der Waals surface area contributed by atoms with E-state index in [0.717, 1.165) is 17.1 Å². The molecule has 0 bridgehead atoms. The zero-order valence-corrected chi connectivity index (χ0v) is 22.0. The first-order valence-electron chi connectivity index (χ1n) is 13.2. The lowest BCUT2D eigenvalue weighted by atomic mass is 9.67. The second-order valence-electron chi connectivity index (χ2n) is 10.0. The average molecular weight is 517 g/mol. The van der Waals surface area contributed by atoms with Crippen LogP contribution in [0.1, 0.15) is 22.3 Å². The van der Waals surface area contributed by atoms with E-state index in [-0.39, 0.29) is 5.41 Å². The van der Waals surface area contributed by atoms with E-state index in [4.69, 9.17) is 0 Å². The van der Waals surface area contributed by atoms with Crippen LogP contribution >= 0.6 is 11.8 Å². The van der Waals surface area contributed by atoms with Crippen molar-refractivity contribution in [3.05, 3.63) is 168 Å². The van der Waals surface area contributed by atoms with Crippen molar-refractivity contribution in [3.8, 4) is 11.1 Å². The van der Waals surface area contributed by atoms with Crippen LogP contribution in [0.3, 0.4) is 0 Å². The van der Waals surface area contributed by atoms with Gasteiger partial charge in [-0.1, -0.05) is 103 Å². The van der Waals surface area contributed by atoms with Gasteiger partial charge in [0.05, 0.1) is 17.3 Å². The Labute approximate surface area is 232 Å². The van der Waals surface area contributed by atoms with E-state index in [2.05, 4.69) is 137 Å². The quantitative estimate of drug-likeness (QED) is 0.233. The molecule has 0 N–H and O–H groups in total. The Morgan fingerprint density at radius 2 is 1.10 bits per heavy atom. The molecule has 184 valence electrons. The fourth-order valence-corrected chi connectivity index (χ4v) is 7.72. The second-order valence-corrected chi connectivity index (χ2v) is 11.1. The molecular formula is C36H24N2S. The van der Waals surface area contributed by atoms with Crippen LogP contribution in [0, 0.1) is 0 Å². The standard InChI is InChI=1S/C36H24N2S/c1-2-11-25(12-3-1)38(27-13-10-22-37-24-27)26-20-21-33-35(23-26)39-34-19-9-8-18-32(34)36(33)30-16-6-4-14-28(30)29-15-5-7-17-31(29)36/h1-24H. The van der Waals surface area contributed by atoms with E-state index < -0.39 is 0 Å². The molecule has 0 atom stereocenters. The fraction of sp³-hybridized carbons (Fsp3) is 0.0278. The SMILES string of the molecule is c1ccc(N(c2cccnc2)c2ccc3c(c2)Sc2ccccc2C32c3ccccc3-c3ccccc32)cc1. The minimum Gasteiger partial charge on any atom is -0.309 e. The van der Waals surface area contributed by atoms with Gasteiger partial charge in [0, 0.05) is 27.4 Å². The molecule has 0 saturated heterocycles. The van der Waals surface area contributed by atoms with Gasteiger partial charge in [0.15, 0.2) is 0 Å². The van der Waals surface area contributed by atoms with Gasteiger partial charge in [0.2, 0.25) is 0 Å². The molecule has 8 rings (SSSR count). The van der Waals surface area contributed by atoms with Crippen molar-refractivity contribution in [1.82, 2.24) is 4.98 Å². The topological polar surface area (TPSA) is 16.1 Å². The predicted molar refractivity (Wildman–Crippen MR) is 160 cm³/mol. The molecule has 2 nitrogen and oxygen atoms in total. The summed E-state index contributed by atoms with van der Waals surface area (Å²) in [5, 5.41) is 0. The zero-order chi connectivity index (χ0) is 25.8. The van der Waals surface area contributed by atoms with Crippen molar-refractivity contribution < 1.29 is 0 Å². The summed E-state index contributed by atoms with van der Waals surface area (Å²) in [4.78, 5) is 9.31. The summed E-state index contributed by atoms with van der Waals surface area (Å²) < 4.78 is 0. The van der Waals surface area contributed by atoms with Gasteiger partial charge in [0.25, 0.3) is 0 Å². The molecule has 1 aliphatic heterocycles. The molecule has 39 heavy (non-hydrogen) atoms. The Kier molecular flexibility index (Phi) is 5.01. The maximum Gasteiger partial charge on any atom is 0.0735 e. The number of hydrogen-bond donors (Lipinski definition) is 0. The summed E-state index contributed by atoms with van der Waals surface area (Å²) in [7, 11) is 0. The normalized spacial score (nSPS) is 13.7. The van der Waals surface area contributed by atoms with Crippen molar-refractivity contribution in [3.63, 3.8) is 0 Å². The van der Waals surface area contributed by atoms with Crippen molar-refractivity contribution in [2.75, 3.05) is 4.90 Å². The van der Waals surface area contributed by atoms with E-state index in [9.17, 15) is 0 Å². The van der Waals surface area contributed by atoms with Crippen LogP contribution in [-0.4, -0.2) is 4.98 Å². The molecule has 3 heteroatoms. The van der Waals surface area contributed by atoms with Gasteiger partial charge < -0.3 is 4.90 Å². The molecule has 0 saturated carbocycles. The summed E-state index contributed by atoms with van der Waals surface area (Å²) in [6.45, 7) is 0. The molecule has 0 unspecified atom stereocenters. The molecule has 1 aromatic heterocycles. The van der Waals surface area contributed by atoms with Gasteiger partial charge in [-0.3, -0.25) is 4.98 Å². The van der Waals surface area contributed by atoms with E-state index in [0.29, 0.717) is 0 Å². The minimum absolute atomic E-state index is 0.352. The van der Waals surface area contributed by atoms with Crippen LogP contribution in [0.25, 0.3) is 11.1 Å². The predicted octanol–water partition coefficient (Wildman–Crippen LogP) is 9.38. The number of nitrogens with zero attached hydrogens (tertiary/aromatic N) is 2. The Bertz CT molecular complexity index is 1760. The van der Waals surface area contributed by atoms with Gasteiger partial charge in [-0.2, -0.15) is 0 Å². The molecule has 0 fully saturated rings. The summed E-state index contributed by atoms with van der Waals surface area (Å²) in [5.74, 6) is 0. The van der Waals surface area contributed by atoms with E-state index >= 15 is 0 Å². The first-order valence-corrected chi connectivity index (χ1v) is 14.0. The Hall–Kier alpha value is -4.60. The Morgan fingerprint density at radius 3 is 1.82 bits per heavy atom. The fourth-order valence-electron chi connectivity index (χ4n) is 6.50. The van der Waals surface area contributed by atoms with Crippen LogP contribution < -0.4 is 4.90 Å².